The molecule has 0 aliphatic carbocycles. The van der Waals surface area contributed by atoms with Crippen LogP contribution in [0.5, 0.6) is 0 Å². The molecule has 3 amide bonds. The van der Waals surface area contributed by atoms with Gasteiger partial charge in [0.05, 0.1) is 6.04 Å². The number of aromatic amines is 1. The SMILES string of the molecule is Cc1c(C(=O)N2CCCC2c2ncc[nH]2)cccc1N1CCNC1=O. The second-order valence-corrected chi connectivity index (χ2v) is 6.46. The van der Waals surface area contributed by atoms with Crippen LogP contribution in [0.25, 0.3) is 0 Å². The fraction of sp³-hybridized carbons (Fsp3) is 0.389. The summed E-state index contributed by atoms with van der Waals surface area (Å²) in [5.74, 6) is 0.830. The van der Waals surface area contributed by atoms with Gasteiger partial charge in [0, 0.05) is 43.3 Å². The Hall–Kier alpha value is -2.83. The minimum atomic E-state index is -0.109. The van der Waals surface area contributed by atoms with E-state index in [4.69, 9.17) is 0 Å². The Kier molecular flexibility index (Phi) is 3.91. The number of amides is 3. The first-order valence-electron chi connectivity index (χ1n) is 8.62. The summed E-state index contributed by atoms with van der Waals surface area (Å²) in [7, 11) is 0. The molecule has 2 N–H and O–H groups in total. The number of nitrogens with zero attached hydrogens (tertiary/aromatic N) is 3. The van der Waals surface area contributed by atoms with Gasteiger partial charge in [-0.25, -0.2) is 9.78 Å². The molecule has 1 unspecified atom stereocenters. The number of imidazole rings is 1. The van der Waals surface area contributed by atoms with Crippen LogP contribution in [0.3, 0.4) is 0 Å². The molecule has 130 valence electrons. The number of benzene rings is 1. The van der Waals surface area contributed by atoms with E-state index in [0.717, 1.165) is 36.5 Å². The van der Waals surface area contributed by atoms with Crippen molar-refractivity contribution in [2.24, 2.45) is 0 Å². The maximum atomic E-state index is 13.2. The number of H-pyrrole nitrogens is 1. The lowest BCUT2D eigenvalue weighted by Crippen LogP contribution is -2.33. The minimum Gasteiger partial charge on any atom is -0.347 e. The Morgan fingerprint density at radius 1 is 1.32 bits per heavy atom. The van der Waals surface area contributed by atoms with Crippen LogP contribution in [0, 0.1) is 6.92 Å². The molecule has 1 atom stereocenters. The van der Waals surface area contributed by atoms with E-state index in [0.29, 0.717) is 18.7 Å². The third-order valence-electron chi connectivity index (χ3n) is 5.03. The summed E-state index contributed by atoms with van der Waals surface area (Å²) in [5.41, 5.74) is 2.29. The number of nitrogens with one attached hydrogen (secondary N) is 2. The van der Waals surface area contributed by atoms with Gasteiger partial charge in [-0.2, -0.15) is 0 Å². The lowest BCUT2D eigenvalue weighted by molar-refractivity contribution is 0.0729. The number of anilines is 1. The van der Waals surface area contributed by atoms with E-state index in [1.807, 2.05) is 30.0 Å². The van der Waals surface area contributed by atoms with Crippen molar-refractivity contribution in [3.63, 3.8) is 0 Å². The van der Waals surface area contributed by atoms with Crippen LogP contribution in [0.15, 0.2) is 30.6 Å². The molecule has 2 aliphatic heterocycles. The summed E-state index contributed by atoms with van der Waals surface area (Å²) in [4.78, 5) is 36.2. The van der Waals surface area contributed by atoms with Gasteiger partial charge in [0.25, 0.3) is 5.91 Å². The Balaban J connectivity index is 1.65. The average molecular weight is 339 g/mol. The maximum Gasteiger partial charge on any atom is 0.322 e. The van der Waals surface area contributed by atoms with Gasteiger partial charge in [0.1, 0.15) is 5.82 Å². The summed E-state index contributed by atoms with van der Waals surface area (Å²) in [5, 5.41) is 2.80. The molecular formula is C18H21N5O2. The standard InChI is InChI=1S/C18H21N5O2/c1-12-13(4-2-5-14(12)23-11-9-21-18(23)25)17(24)22-10-3-6-15(22)16-19-7-8-20-16/h2,4-5,7-8,15H,3,6,9-11H2,1H3,(H,19,20)(H,21,25). The molecule has 2 fully saturated rings. The molecule has 25 heavy (non-hydrogen) atoms. The Labute approximate surface area is 146 Å². The third-order valence-corrected chi connectivity index (χ3v) is 5.03. The van der Waals surface area contributed by atoms with E-state index in [9.17, 15) is 9.59 Å². The Morgan fingerprint density at radius 2 is 2.20 bits per heavy atom. The van der Waals surface area contributed by atoms with Crippen molar-refractivity contribution in [3.8, 4) is 0 Å². The highest BCUT2D eigenvalue weighted by molar-refractivity contribution is 6.00. The number of hydrogen-bond acceptors (Lipinski definition) is 3. The molecule has 1 aromatic carbocycles. The zero-order valence-electron chi connectivity index (χ0n) is 14.2. The number of likely N-dealkylation sites (tertiary alicyclic amines) is 1. The number of hydrogen-bond donors (Lipinski definition) is 2. The van der Waals surface area contributed by atoms with Crippen LogP contribution < -0.4 is 10.2 Å². The van der Waals surface area contributed by atoms with Crippen molar-refractivity contribution < 1.29 is 9.59 Å². The first-order valence-corrected chi connectivity index (χ1v) is 8.62. The number of rotatable bonds is 3. The second-order valence-electron chi connectivity index (χ2n) is 6.46. The number of urea groups is 1. The molecule has 7 nitrogen and oxygen atoms in total. The van der Waals surface area contributed by atoms with E-state index < -0.39 is 0 Å². The molecule has 2 aliphatic rings. The van der Waals surface area contributed by atoms with Crippen molar-refractivity contribution in [1.82, 2.24) is 20.2 Å². The van der Waals surface area contributed by atoms with Crippen LogP contribution in [0.1, 0.15) is 40.6 Å². The Bertz CT molecular complexity index is 802. The lowest BCUT2D eigenvalue weighted by atomic mass is 10.0. The van der Waals surface area contributed by atoms with Crippen LogP contribution in [-0.2, 0) is 0 Å². The largest absolute Gasteiger partial charge is 0.347 e. The predicted molar refractivity (Wildman–Crippen MR) is 93.5 cm³/mol. The van der Waals surface area contributed by atoms with Crippen molar-refractivity contribution in [2.75, 3.05) is 24.5 Å². The predicted octanol–water partition coefficient (Wildman–Crippen LogP) is 2.23. The van der Waals surface area contributed by atoms with Gasteiger partial charge in [-0.05, 0) is 37.5 Å². The molecule has 0 saturated carbocycles. The summed E-state index contributed by atoms with van der Waals surface area (Å²) >= 11 is 0. The normalized spacial score (nSPS) is 20.2. The number of carbonyl (C=O) groups is 2. The molecule has 2 saturated heterocycles. The fourth-order valence-corrected chi connectivity index (χ4v) is 3.76. The number of aromatic nitrogens is 2. The molecule has 1 aromatic heterocycles. The van der Waals surface area contributed by atoms with Crippen molar-refractivity contribution >= 4 is 17.6 Å². The summed E-state index contributed by atoms with van der Waals surface area (Å²) in [6.45, 7) is 3.88. The van der Waals surface area contributed by atoms with Crippen LogP contribution in [0.2, 0.25) is 0 Å². The third kappa shape index (κ3) is 2.65. The van der Waals surface area contributed by atoms with Crippen molar-refractivity contribution in [3.05, 3.63) is 47.5 Å². The van der Waals surface area contributed by atoms with Gasteiger partial charge in [-0.3, -0.25) is 9.69 Å². The summed E-state index contributed by atoms with van der Waals surface area (Å²) < 4.78 is 0. The highest BCUT2D eigenvalue weighted by Crippen LogP contribution is 2.33. The van der Waals surface area contributed by atoms with Crippen molar-refractivity contribution in [2.45, 2.75) is 25.8 Å². The van der Waals surface area contributed by atoms with Gasteiger partial charge in [0.15, 0.2) is 0 Å². The maximum absolute atomic E-state index is 13.2. The van der Waals surface area contributed by atoms with Gasteiger partial charge in [-0.15, -0.1) is 0 Å². The van der Waals surface area contributed by atoms with E-state index in [1.165, 1.54) is 0 Å². The molecule has 4 rings (SSSR count). The number of carbonyl (C=O) groups excluding carboxylic acids is 2. The monoisotopic (exact) mass is 339 g/mol. The molecule has 2 aromatic rings. The highest BCUT2D eigenvalue weighted by Gasteiger charge is 2.33. The van der Waals surface area contributed by atoms with E-state index in [2.05, 4.69) is 15.3 Å². The minimum absolute atomic E-state index is 0.00199. The average Bonchev–Trinajstić information content (AvgIpc) is 3.35. The molecule has 0 spiro atoms. The summed E-state index contributed by atoms with van der Waals surface area (Å²) in [6.07, 6.45) is 5.37. The van der Waals surface area contributed by atoms with E-state index >= 15 is 0 Å². The smallest absolute Gasteiger partial charge is 0.322 e. The second kappa shape index (κ2) is 6.23. The van der Waals surface area contributed by atoms with Crippen LogP contribution in [0.4, 0.5) is 10.5 Å². The molecule has 0 radical (unpaired) electrons. The first-order chi connectivity index (χ1) is 12.2. The molecule has 7 heteroatoms. The fourth-order valence-electron chi connectivity index (χ4n) is 3.76. The summed E-state index contributed by atoms with van der Waals surface area (Å²) in [6, 6.07) is 5.46. The van der Waals surface area contributed by atoms with E-state index in [-0.39, 0.29) is 18.0 Å². The molecule has 3 heterocycles. The Morgan fingerprint density at radius 3 is 2.92 bits per heavy atom. The van der Waals surface area contributed by atoms with E-state index in [1.54, 1.807) is 17.3 Å². The van der Waals surface area contributed by atoms with Gasteiger partial charge in [0.2, 0.25) is 0 Å². The molecule has 0 bridgehead atoms. The lowest BCUT2D eigenvalue weighted by Gasteiger charge is -2.25. The zero-order valence-corrected chi connectivity index (χ0v) is 14.2. The molecular weight excluding hydrogens is 318 g/mol. The first kappa shape index (κ1) is 15.7. The van der Waals surface area contributed by atoms with Crippen LogP contribution >= 0.6 is 0 Å². The quantitative estimate of drug-likeness (QED) is 0.900. The topological polar surface area (TPSA) is 81.3 Å². The van der Waals surface area contributed by atoms with Gasteiger partial charge < -0.3 is 15.2 Å². The zero-order chi connectivity index (χ0) is 17.4. The highest BCUT2D eigenvalue weighted by atomic mass is 16.2. The van der Waals surface area contributed by atoms with Crippen molar-refractivity contribution in [1.29, 1.82) is 0 Å². The van der Waals surface area contributed by atoms with Gasteiger partial charge >= 0.3 is 6.03 Å². The van der Waals surface area contributed by atoms with Gasteiger partial charge in [-0.1, -0.05) is 6.07 Å². The van der Waals surface area contributed by atoms with Crippen LogP contribution in [-0.4, -0.2) is 46.4 Å².